The summed E-state index contributed by atoms with van der Waals surface area (Å²) in [6, 6.07) is 0. The summed E-state index contributed by atoms with van der Waals surface area (Å²) in [6.45, 7) is 4.77. The second kappa shape index (κ2) is 3.31. The highest BCUT2D eigenvalue weighted by atomic mass is 32.2. The van der Waals surface area contributed by atoms with E-state index in [9.17, 15) is 4.79 Å². The number of hydrogen-bond donors (Lipinski definition) is 1. The number of aromatic carboxylic acids is 1. The summed E-state index contributed by atoms with van der Waals surface area (Å²) >= 11 is 1.65. The van der Waals surface area contributed by atoms with Crippen LogP contribution in [0.2, 0.25) is 0 Å². The first-order chi connectivity index (χ1) is 6.63. The summed E-state index contributed by atoms with van der Waals surface area (Å²) in [4.78, 5) is 15.4. The van der Waals surface area contributed by atoms with Crippen molar-refractivity contribution in [3.05, 3.63) is 11.4 Å². The van der Waals surface area contributed by atoms with Gasteiger partial charge in [-0.2, -0.15) is 0 Å². The third-order valence-electron chi connectivity index (χ3n) is 2.29. The first-order valence-corrected chi connectivity index (χ1v) is 5.50. The average molecular weight is 212 g/mol. The Balaban J connectivity index is 2.51. The molecule has 0 aromatic carbocycles. The molecule has 76 valence electrons. The molecule has 4 nitrogen and oxygen atoms in total. The number of thioether (sulfide) groups is 1. The second-order valence-electron chi connectivity index (χ2n) is 3.39. The molecule has 1 aromatic rings. The smallest absolute Gasteiger partial charge is 0.354 e. The van der Waals surface area contributed by atoms with Crippen LogP contribution in [0.3, 0.4) is 0 Å². The highest BCUT2D eigenvalue weighted by molar-refractivity contribution is 7.99. The molecule has 1 N–H and O–H groups in total. The standard InChI is InChI=1S/C9H12N2O2S/c1-3-6-7(8(12)13)11-4-5(2)14-9(11)10-6/h5H,3-4H2,1-2H3,(H,12,13). The van der Waals surface area contributed by atoms with Crippen LogP contribution in [0.25, 0.3) is 0 Å². The Morgan fingerprint density at radius 2 is 2.50 bits per heavy atom. The number of rotatable bonds is 2. The number of aryl methyl sites for hydroxylation is 1. The molecule has 0 spiro atoms. The Bertz CT molecular complexity index is 386. The Morgan fingerprint density at radius 1 is 1.79 bits per heavy atom. The van der Waals surface area contributed by atoms with Gasteiger partial charge in [-0.3, -0.25) is 0 Å². The lowest BCUT2D eigenvalue weighted by atomic mass is 10.2. The van der Waals surface area contributed by atoms with Crippen LogP contribution in [0.15, 0.2) is 5.16 Å². The number of hydrogen-bond acceptors (Lipinski definition) is 3. The molecule has 2 rings (SSSR count). The SMILES string of the molecule is CCc1nc2n(c1C(=O)O)CC(C)S2. The van der Waals surface area contributed by atoms with Crippen molar-refractivity contribution >= 4 is 17.7 Å². The molecule has 0 bridgehead atoms. The number of aromatic nitrogens is 2. The minimum absolute atomic E-state index is 0.374. The quantitative estimate of drug-likeness (QED) is 0.809. The predicted octanol–water partition coefficient (Wildman–Crippen LogP) is 1.64. The van der Waals surface area contributed by atoms with Gasteiger partial charge in [-0.25, -0.2) is 9.78 Å². The minimum Gasteiger partial charge on any atom is -0.477 e. The molecular formula is C9H12N2O2S. The topological polar surface area (TPSA) is 55.1 Å². The minimum atomic E-state index is -0.865. The Kier molecular flexibility index (Phi) is 2.26. The maximum atomic E-state index is 11.0. The van der Waals surface area contributed by atoms with Crippen LogP contribution in [-0.2, 0) is 13.0 Å². The fraction of sp³-hybridized carbons (Fsp3) is 0.556. The molecule has 1 aromatic heterocycles. The predicted molar refractivity (Wildman–Crippen MR) is 53.9 cm³/mol. The van der Waals surface area contributed by atoms with Gasteiger partial charge in [0.25, 0.3) is 0 Å². The van der Waals surface area contributed by atoms with Gasteiger partial charge in [0.2, 0.25) is 0 Å². The molecule has 0 saturated heterocycles. The number of carbonyl (C=O) groups is 1. The van der Waals surface area contributed by atoms with E-state index < -0.39 is 5.97 Å². The number of carboxylic acids is 1. The van der Waals surface area contributed by atoms with E-state index in [4.69, 9.17) is 5.11 Å². The van der Waals surface area contributed by atoms with Crippen molar-refractivity contribution in [1.82, 2.24) is 9.55 Å². The van der Waals surface area contributed by atoms with E-state index in [0.717, 1.165) is 11.7 Å². The van der Waals surface area contributed by atoms with E-state index in [1.54, 1.807) is 11.8 Å². The number of fused-ring (bicyclic) bond motifs is 1. The van der Waals surface area contributed by atoms with Gasteiger partial charge < -0.3 is 9.67 Å². The summed E-state index contributed by atoms with van der Waals surface area (Å²) in [5.41, 5.74) is 1.08. The van der Waals surface area contributed by atoms with E-state index in [-0.39, 0.29) is 0 Å². The second-order valence-corrected chi connectivity index (χ2v) is 4.79. The molecular weight excluding hydrogens is 200 g/mol. The van der Waals surface area contributed by atoms with Crippen LogP contribution in [0, 0.1) is 0 Å². The van der Waals surface area contributed by atoms with Gasteiger partial charge in [-0.05, 0) is 6.42 Å². The highest BCUT2D eigenvalue weighted by Crippen LogP contribution is 2.33. The summed E-state index contributed by atoms with van der Waals surface area (Å²) in [5.74, 6) is -0.865. The van der Waals surface area contributed by atoms with E-state index in [1.165, 1.54) is 0 Å². The molecule has 14 heavy (non-hydrogen) atoms. The van der Waals surface area contributed by atoms with Crippen LogP contribution in [-0.4, -0.2) is 25.9 Å². The molecule has 0 radical (unpaired) electrons. The van der Waals surface area contributed by atoms with E-state index in [1.807, 2.05) is 11.5 Å². The largest absolute Gasteiger partial charge is 0.477 e. The van der Waals surface area contributed by atoms with Crippen molar-refractivity contribution in [2.75, 3.05) is 0 Å². The molecule has 0 fully saturated rings. The van der Waals surface area contributed by atoms with E-state index >= 15 is 0 Å². The van der Waals surface area contributed by atoms with Crippen molar-refractivity contribution in [3.63, 3.8) is 0 Å². The van der Waals surface area contributed by atoms with Gasteiger partial charge in [-0.15, -0.1) is 0 Å². The lowest BCUT2D eigenvalue weighted by Crippen LogP contribution is -2.11. The Hall–Kier alpha value is -0.970. The Morgan fingerprint density at radius 3 is 3.07 bits per heavy atom. The van der Waals surface area contributed by atoms with E-state index in [2.05, 4.69) is 11.9 Å². The third-order valence-corrected chi connectivity index (χ3v) is 3.36. The van der Waals surface area contributed by atoms with Gasteiger partial charge in [0.05, 0.1) is 5.69 Å². The first kappa shape index (κ1) is 9.58. The summed E-state index contributed by atoms with van der Waals surface area (Å²) in [5, 5.41) is 10.4. The van der Waals surface area contributed by atoms with Crippen molar-refractivity contribution in [2.24, 2.45) is 0 Å². The third kappa shape index (κ3) is 1.32. The number of nitrogens with zero attached hydrogens (tertiary/aromatic N) is 2. The maximum Gasteiger partial charge on any atom is 0.354 e. The van der Waals surface area contributed by atoms with Crippen molar-refractivity contribution in [3.8, 4) is 0 Å². The molecule has 1 aliphatic rings. The highest BCUT2D eigenvalue weighted by Gasteiger charge is 2.28. The molecule has 1 unspecified atom stereocenters. The van der Waals surface area contributed by atoms with Crippen molar-refractivity contribution < 1.29 is 9.90 Å². The van der Waals surface area contributed by atoms with Crippen molar-refractivity contribution in [1.29, 1.82) is 0 Å². The fourth-order valence-electron chi connectivity index (χ4n) is 1.70. The zero-order chi connectivity index (χ0) is 10.3. The van der Waals surface area contributed by atoms with Gasteiger partial charge in [-0.1, -0.05) is 25.6 Å². The zero-order valence-electron chi connectivity index (χ0n) is 8.15. The van der Waals surface area contributed by atoms with Crippen LogP contribution in [0.1, 0.15) is 30.0 Å². The number of imidazole rings is 1. The van der Waals surface area contributed by atoms with Crippen molar-refractivity contribution in [2.45, 2.75) is 37.2 Å². The molecule has 0 aliphatic carbocycles. The molecule has 1 atom stereocenters. The van der Waals surface area contributed by atoms with E-state index in [0.29, 0.717) is 23.1 Å². The fourth-order valence-corrected chi connectivity index (χ4v) is 2.74. The molecule has 0 amide bonds. The lowest BCUT2D eigenvalue weighted by Gasteiger charge is -2.02. The summed E-state index contributed by atoms with van der Waals surface area (Å²) in [6.07, 6.45) is 0.677. The lowest BCUT2D eigenvalue weighted by molar-refractivity contribution is 0.0683. The molecule has 0 saturated carbocycles. The summed E-state index contributed by atoms with van der Waals surface area (Å²) < 4.78 is 1.82. The molecule has 5 heteroatoms. The van der Waals surface area contributed by atoms with Crippen LogP contribution >= 0.6 is 11.8 Å². The maximum absolute atomic E-state index is 11.0. The van der Waals surface area contributed by atoms with Crippen LogP contribution < -0.4 is 0 Å². The summed E-state index contributed by atoms with van der Waals surface area (Å²) in [7, 11) is 0. The van der Waals surface area contributed by atoms with Gasteiger partial charge in [0.15, 0.2) is 10.9 Å². The monoisotopic (exact) mass is 212 g/mol. The number of carboxylic acid groups (broad SMARTS) is 1. The normalized spacial score (nSPS) is 19.7. The van der Waals surface area contributed by atoms with Gasteiger partial charge >= 0.3 is 5.97 Å². The van der Waals surface area contributed by atoms with Crippen LogP contribution in [0.5, 0.6) is 0 Å². The molecule has 1 aliphatic heterocycles. The van der Waals surface area contributed by atoms with Gasteiger partial charge in [0.1, 0.15) is 0 Å². The average Bonchev–Trinajstić information content (AvgIpc) is 2.58. The first-order valence-electron chi connectivity index (χ1n) is 4.62. The Labute approximate surface area is 86.3 Å². The van der Waals surface area contributed by atoms with Gasteiger partial charge in [0, 0.05) is 11.8 Å². The zero-order valence-corrected chi connectivity index (χ0v) is 8.97. The molecule has 2 heterocycles. The van der Waals surface area contributed by atoms with Crippen LogP contribution in [0.4, 0.5) is 0 Å².